The zero-order valence-corrected chi connectivity index (χ0v) is 10.4. The molecule has 11 heavy (non-hydrogen) atoms. The van der Waals surface area contributed by atoms with E-state index < -0.39 is 0 Å². The van der Waals surface area contributed by atoms with Gasteiger partial charge in [-0.1, -0.05) is 50.7 Å². The minimum absolute atomic E-state index is 1.09. The molecule has 0 bridgehead atoms. The summed E-state index contributed by atoms with van der Waals surface area (Å²) in [5, 5.41) is 0. The van der Waals surface area contributed by atoms with Crippen molar-refractivity contribution in [1.29, 1.82) is 0 Å². The first-order valence-electron chi connectivity index (χ1n) is 3.46. The monoisotopic (exact) mass is 324 g/mol. The van der Waals surface area contributed by atoms with Gasteiger partial charge in [-0.2, -0.15) is 0 Å². The van der Waals surface area contributed by atoms with Crippen LogP contribution in [-0.2, 0) is 4.43 Å². The summed E-state index contributed by atoms with van der Waals surface area (Å²) in [5.74, 6) is 0. The second-order valence-corrected chi connectivity index (χ2v) is 4.23. The molecule has 0 amide bonds. The standard InChI is InChI=1S/C9H10BrI/c1-6-3-8(5-11)4-7(2)9(6)10/h3-4H,5H2,1-2H3. The van der Waals surface area contributed by atoms with Crippen molar-refractivity contribution < 1.29 is 0 Å². The van der Waals surface area contributed by atoms with Gasteiger partial charge in [0, 0.05) is 8.90 Å². The smallest absolute Gasteiger partial charge is 0.0247 e. The van der Waals surface area contributed by atoms with E-state index in [1.54, 1.807) is 0 Å². The summed E-state index contributed by atoms with van der Waals surface area (Å²) in [6, 6.07) is 4.45. The molecule has 0 nitrogen and oxygen atoms in total. The second kappa shape index (κ2) is 3.90. The molecule has 0 aromatic heterocycles. The molecule has 60 valence electrons. The minimum Gasteiger partial charge on any atom is -0.0812 e. The van der Waals surface area contributed by atoms with Crippen molar-refractivity contribution in [2.24, 2.45) is 0 Å². The average molecular weight is 325 g/mol. The van der Waals surface area contributed by atoms with E-state index in [4.69, 9.17) is 0 Å². The molecule has 1 aromatic carbocycles. The molecule has 0 spiro atoms. The summed E-state index contributed by atoms with van der Waals surface area (Å²) < 4.78 is 2.33. The Morgan fingerprint density at radius 1 is 1.27 bits per heavy atom. The molecule has 0 unspecified atom stereocenters. The van der Waals surface area contributed by atoms with Gasteiger partial charge in [0.25, 0.3) is 0 Å². The lowest BCUT2D eigenvalue weighted by Gasteiger charge is -2.04. The predicted molar refractivity (Wildman–Crippen MR) is 61.3 cm³/mol. The first-order valence-corrected chi connectivity index (χ1v) is 5.78. The van der Waals surface area contributed by atoms with E-state index in [0.29, 0.717) is 0 Å². The number of benzene rings is 1. The van der Waals surface area contributed by atoms with Crippen molar-refractivity contribution in [3.05, 3.63) is 33.3 Å². The van der Waals surface area contributed by atoms with Gasteiger partial charge >= 0.3 is 0 Å². The predicted octanol–water partition coefficient (Wildman–Crippen LogP) is 4.00. The fraction of sp³-hybridized carbons (Fsp3) is 0.333. The normalized spacial score (nSPS) is 10.2. The van der Waals surface area contributed by atoms with Gasteiger partial charge in [-0.15, -0.1) is 0 Å². The van der Waals surface area contributed by atoms with E-state index in [9.17, 15) is 0 Å². The first-order chi connectivity index (χ1) is 5.15. The SMILES string of the molecule is Cc1cc(CI)cc(C)c1Br. The molecule has 2 heteroatoms. The van der Waals surface area contributed by atoms with Crippen LogP contribution in [0.1, 0.15) is 16.7 Å². The Morgan fingerprint density at radius 2 is 1.73 bits per heavy atom. The van der Waals surface area contributed by atoms with Crippen LogP contribution < -0.4 is 0 Å². The van der Waals surface area contributed by atoms with Crippen LogP contribution in [0, 0.1) is 13.8 Å². The quantitative estimate of drug-likeness (QED) is 0.541. The Morgan fingerprint density at radius 3 is 2.09 bits per heavy atom. The van der Waals surface area contributed by atoms with Crippen LogP contribution in [0.5, 0.6) is 0 Å². The molecule has 0 radical (unpaired) electrons. The largest absolute Gasteiger partial charge is 0.0812 e. The summed E-state index contributed by atoms with van der Waals surface area (Å²) in [6.45, 7) is 4.26. The highest BCUT2D eigenvalue weighted by Gasteiger charge is 2.00. The van der Waals surface area contributed by atoms with E-state index in [1.807, 2.05) is 0 Å². The molecule has 0 aliphatic carbocycles. The van der Waals surface area contributed by atoms with Crippen LogP contribution in [0.4, 0.5) is 0 Å². The van der Waals surface area contributed by atoms with Crippen molar-refractivity contribution in [2.75, 3.05) is 0 Å². The Balaban J connectivity index is 3.21. The van der Waals surface area contributed by atoms with E-state index in [0.717, 1.165) is 4.43 Å². The van der Waals surface area contributed by atoms with E-state index in [1.165, 1.54) is 21.2 Å². The highest BCUT2D eigenvalue weighted by Crippen LogP contribution is 2.23. The molecule has 0 atom stereocenters. The summed E-state index contributed by atoms with van der Waals surface area (Å²) in [6.07, 6.45) is 0. The van der Waals surface area contributed by atoms with Gasteiger partial charge in [-0.05, 0) is 30.5 Å². The number of alkyl halides is 1. The van der Waals surface area contributed by atoms with E-state index in [2.05, 4.69) is 64.5 Å². The fourth-order valence-electron chi connectivity index (χ4n) is 1.11. The fourth-order valence-corrected chi connectivity index (χ4v) is 1.78. The van der Waals surface area contributed by atoms with Crippen LogP contribution in [0.2, 0.25) is 0 Å². The molecular weight excluding hydrogens is 315 g/mol. The Kier molecular flexibility index (Phi) is 3.37. The maximum atomic E-state index is 3.54. The zero-order chi connectivity index (χ0) is 8.43. The van der Waals surface area contributed by atoms with Crippen molar-refractivity contribution >= 4 is 38.5 Å². The molecule has 1 aromatic rings. The van der Waals surface area contributed by atoms with Crippen molar-refractivity contribution in [3.63, 3.8) is 0 Å². The van der Waals surface area contributed by atoms with Gasteiger partial charge in [0.1, 0.15) is 0 Å². The van der Waals surface area contributed by atoms with Crippen LogP contribution in [0.15, 0.2) is 16.6 Å². The summed E-state index contributed by atoms with van der Waals surface area (Å²) in [7, 11) is 0. The van der Waals surface area contributed by atoms with Crippen molar-refractivity contribution in [3.8, 4) is 0 Å². The highest BCUT2D eigenvalue weighted by atomic mass is 127. The molecule has 0 heterocycles. The molecule has 0 aliphatic rings. The van der Waals surface area contributed by atoms with Gasteiger partial charge in [0.05, 0.1) is 0 Å². The first kappa shape index (κ1) is 9.52. The highest BCUT2D eigenvalue weighted by molar-refractivity contribution is 14.1. The third-order valence-corrected chi connectivity index (χ3v) is 3.78. The minimum atomic E-state index is 1.09. The molecule has 0 aliphatic heterocycles. The Bertz CT molecular complexity index is 245. The lowest BCUT2D eigenvalue weighted by atomic mass is 10.1. The third-order valence-electron chi connectivity index (χ3n) is 1.65. The molecule has 1 rings (SSSR count). The zero-order valence-electron chi connectivity index (χ0n) is 6.62. The topological polar surface area (TPSA) is 0 Å². The van der Waals surface area contributed by atoms with Crippen LogP contribution in [0.25, 0.3) is 0 Å². The number of rotatable bonds is 1. The van der Waals surface area contributed by atoms with Crippen LogP contribution >= 0.6 is 38.5 Å². The Labute approximate surface area is 89.7 Å². The van der Waals surface area contributed by atoms with Crippen molar-refractivity contribution in [2.45, 2.75) is 18.3 Å². The van der Waals surface area contributed by atoms with Gasteiger partial charge in [-0.25, -0.2) is 0 Å². The lowest BCUT2D eigenvalue weighted by molar-refractivity contribution is 1.29. The van der Waals surface area contributed by atoms with Crippen molar-refractivity contribution in [1.82, 2.24) is 0 Å². The summed E-state index contributed by atoms with van der Waals surface area (Å²) >= 11 is 5.92. The van der Waals surface area contributed by atoms with E-state index in [-0.39, 0.29) is 0 Å². The summed E-state index contributed by atoms with van der Waals surface area (Å²) in [5.41, 5.74) is 4.07. The number of halogens is 2. The number of aryl methyl sites for hydroxylation is 2. The average Bonchev–Trinajstić information content (AvgIpc) is 1.99. The molecule has 0 saturated heterocycles. The molecule has 0 saturated carbocycles. The molecular formula is C9H10BrI. The lowest BCUT2D eigenvalue weighted by Crippen LogP contribution is -1.85. The van der Waals surface area contributed by atoms with Gasteiger partial charge in [0.15, 0.2) is 0 Å². The van der Waals surface area contributed by atoms with Gasteiger partial charge < -0.3 is 0 Å². The molecule has 0 N–H and O–H groups in total. The maximum absolute atomic E-state index is 3.54. The van der Waals surface area contributed by atoms with Gasteiger partial charge in [0.2, 0.25) is 0 Å². The van der Waals surface area contributed by atoms with Crippen LogP contribution in [0.3, 0.4) is 0 Å². The number of hydrogen-bond acceptors (Lipinski definition) is 0. The van der Waals surface area contributed by atoms with Crippen LogP contribution in [-0.4, -0.2) is 0 Å². The van der Waals surface area contributed by atoms with Gasteiger partial charge in [-0.3, -0.25) is 0 Å². The molecule has 0 fully saturated rings. The van der Waals surface area contributed by atoms with E-state index >= 15 is 0 Å². The maximum Gasteiger partial charge on any atom is 0.0247 e. The summed E-state index contributed by atoms with van der Waals surface area (Å²) in [4.78, 5) is 0. The Hall–Kier alpha value is 0.430. The third kappa shape index (κ3) is 2.18. The number of hydrogen-bond donors (Lipinski definition) is 0. The second-order valence-electron chi connectivity index (χ2n) is 2.68.